The number of allylic oxidation sites excluding steroid dienone is 1. The Bertz CT molecular complexity index is 369. The first-order valence-electron chi connectivity index (χ1n) is 6.08. The van der Waals surface area contributed by atoms with Gasteiger partial charge >= 0.3 is 6.09 Å². The van der Waals surface area contributed by atoms with Crippen molar-refractivity contribution in [2.24, 2.45) is 0 Å². The summed E-state index contributed by atoms with van der Waals surface area (Å²) in [5, 5.41) is 8.53. The van der Waals surface area contributed by atoms with Gasteiger partial charge in [0, 0.05) is 25.0 Å². The number of amides is 1. The second kappa shape index (κ2) is 5.75. The molecule has 0 aromatic carbocycles. The summed E-state index contributed by atoms with van der Waals surface area (Å²) in [4.78, 5) is 23.3. The molecular weight excluding hydrogens is 234 g/mol. The number of hydrogen-bond donors (Lipinski definition) is 3. The maximum absolute atomic E-state index is 11.7. The van der Waals surface area contributed by atoms with E-state index < -0.39 is 6.09 Å². The molecule has 6 heteroatoms. The first-order valence-corrected chi connectivity index (χ1v) is 6.08. The van der Waals surface area contributed by atoms with E-state index in [9.17, 15) is 9.59 Å². The molecule has 3 N–H and O–H groups in total. The topological polar surface area (TPSA) is 79.5 Å². The number of Topliss-reactive ketones (excluding diaryl/α,β-unsaturated/α-hetero) is 1. The summed E-state index contributed by atoms with van der Waals surface area (Å²) in [5.41, 5.74) is -0.0397. The molecule has 0 bridgehead atoms. The van der Waals surface area contributed by atoms with Gasteiger partial charge in [0.1, 0.15) is 5.70 Å². The molecule has 0 spiro atoms. The largest absolute Gasteiger partial charge is 0.414 e. The number of alkyl carbamates (subject to hydrolysis) is 1. The van der Waals surface area contributed by atoms with Crippen molar-refractivity contribution in [2.75, 3.05) is 13.1 Å². The van der Waals surface area contributed by atoms with Crippen LogP contribution in [-0.2, 0) is 9.53 Å². The van der Waals surface area contributed by atoms with Crippen LogP contribution >= 0.6 is 0 Å². The molecule has 0 saturated heterocycles. The molecule has 1 rings (SSSR count). The van der Waals surface area contributed by atoms with Crippen molar-refractivity contribution < 1.29 is 14.3 Å². The van der Waals surface area contributed by atoms with E-state index in [2.05, 4.69) is 16.0 Å². The Labute approximate surface area is 107 Å². The minimum Gasteiger partial charge on any atom is -0.391 e. The molecule has 102 valence electrons. The van der Waals surface area contributed by atoms with Gasteiger partial charge in [-0.2, -0.15) is 0 Å². The molecule has 0 radical (unpaired) electrons. The smallest absolute Gasteiger partial charge is 0.391 e. The predicted molar refractivity (Wildman–Crippen MR) is 67.7 cm³/mol. The lowest BCUT2D eigenvalue weighted by Crippen LogP contribution is -2.44. The average molecular weight is 255 g/mol. The molecule has 0 atom stereocenters. The van der Waals surface area contributed by atoms with Gasteiger partial charge in [-0.3, -0.25) is 4.79 Å². The summed E-state index contributed by atoms with van der Waals surface area (Å²) in [6, 6.07) is 0. The number of ether oxygens (including phenoxy) is 1. The monoisotopic (exact) mass is 255 g/mol. The van der Waals surface area contributed by atoms with Gasteiger partial charge in [-0.05, 0) is 20.8 Å². The normalized spacial score (nSPS) is 15.6. The number of hydrogen-bond acceptors (Lipinski definition) is 5. The molecule has 18 heavy (non-hydrogen) atoms. The van der Waals surface area contributed by atoms with Gasteiger partial charge in [-0.25, -0.2) is 4.79 Å². The lowest BCUT2D eigenvalue weighted by Gasteiger charge is -2.24. The average Bonchev–Trinajstić information content (AvgIpc) is 2.26. The first kappa shape index (κ1) is 14.3. The van der Waals surface area contributed by atoms with Crippen molar-refractivity contribution in [3.8, 4) is 0 Å². The van der Waals surface area contributed by atoms with E-state index in [0.29, 0.717) is 25.2 Å². The number of rotatable bonds is 3. The van der Waals surface area contributed by atoms with Crippen molar-refractivity contribution in [1.82, 2.24) is 16.0 Å². The third-order valence-electron chi connectivity index (χ3n) is 2.21. The molecular formula is C12H21N3O3. The Balaban J connectivity index is 2.75. The Morgan fingerprint density at radius 2 is 1.89 bits per heavy atom. The fourth-order valence-electron chi connectivity index (χ4n) is 1.45. The van der Waals surface area contributed by atoms with Crippen molar-refractivity contribution in [1.29, 1.82) is 0 Å². The van der Waals surface area contributed by atoms with Crippen LogP contribution < -0.4 is 16.0 Å². The lowest BCUT2D eigenvalue weighted by molar-refractivity contribution is -0.116. The molecule has 0 fully saturated rings. The van der Waals surface area contributed by atoms with E-state index in [1.807, 2.05) is 20.8 Å². The van der Waals surface area contributed by atoms with Crippen LogP contribution in [0.2, 0.25) is 0 Å². The summed E-state index contributed by atoms with van der Waals surface area (Å²) in [6.45, 7) is 8.57. The summed E-state index contributed by atoms with van der Waals surface area (Å²) >= 11 is 0. The number of carbonyl (C=O) groups excluding carboxylic acids is 2. The van der Waals surface area contributed by atoms with Gasteiger partial charge < -0.3 is 20.7 Å². The maximum Gasteiger partial charge on any atom is 0.414 e. The van der Waals surface area contributed by atoms with E-state index in [1.54, 1.807) is 6.92 Å². The molecule has 0 aromatic rings. The van der Waals surface area contributed by atoms with Gasteiger partial charge in [0.25, 0.3) is 0 Å². The van der Waals surface area contributed by atoms with Crippen LogP contribution in [0.1, 0.15) is 34.1 Å². The van der Waals surface area contributed by atoms with Crippen LogP contribution in [-0.4, -0.2) is 30.5 Å². The molecule has 0 aromatic heterocycles. The van der Waals surface area contributed by atoms with Crippen molar-refractivity contribution in [3.05, 3.63) is 11.6 Å². The minimum absolute atomic E-state index is 0.0826. The molecule has 0 unspecified atom stereocenters. The van der Waals surface area contributed by atoms with Crippen LogP contribution in [0.3, 0.4) is 0 Å². The van der Waals surface area contributed by atoms with Crippen molar-refractivity contribution in [2.45, 2.75) is 39.7 Å². The quantitative estimate of drug-likeness (QED) is 0.697. The number of nitrogens with one attached hydrogen (secondary N) is 3. The molecule has 1 aliphatic rings. The summed E-state index contributed by atoms with van der Waals surface area (Å²) in [6.07, 6.45) is -0.215. The van der Waals surface area contributed by atoms with E-state index in [1.165, 1.54) is 0 Å². The van der Waals surface area contributed by atoms with Crippen LogP contribution in [0.4, 0.5) is 4.79 Å². The summed E-state index contributed by atoms with van der Waals surface area (Å²) in [7, 11) is 0. The number of ketones is 1. The maximum atomic E-state index is 11.7. The van der Waals surface area contributed by atoms with Crippen LogP contribution in [0.15, 0.2) is 11.6 Å². The molecule has 1 amide bonds. The van der Waals surface area contributed by atoms with Crippen LogP contribution in [0.25, 0.3) is 0 Å². The highest BCUT2D eigenvalue weighted by Crippen LogP contribution is 2.09. The van der Waals surface area contributed by atoms with E-state index >= 15 is 0 Å². The summed E-state index contributed by atoms with van der Waals surface area (Å²) < 4.78 is 5.14. The lowest BCUT2D eigenvalue weighted by atomic mass is 10.1. The molecule has 0 aliphatic carbocycles. The zero-order valence-electron chi connectivity index (χ0n) is 11.3. The zero-order chi connectivity index (χ0) is 13.8. The van der Waals surface area contributed by atoms with Gasteiger partial charge in [-0.15, -0.1) is 0 Å². The van der Waals surface area contributed by atoms with Crippen molar-refractivity contribution >= 4 is 11.9 Å². The Hall–Kier alpha value is -1.72. The Morgan fingerprint density at radius 1 is 1.28 bits per heavy atom. The molecule has 0 saturated carbocycles. The SMILES string of the molecule is CCC(=O)C1=C(OC(=O)NC(C)(C)C)NCCN1. The predicted octanol–water partition coefficient (Wildman–Crippen LogP) is 0.852. The minimum atomic E-state index is -0.574. The highest BCUT2D eigenvalue weighted by Gasteiger charge is 2.22. The van der Waals surface area contributed by atoms with Gasteiger partial charge in [0.2, 0.25) is 5.88 Å². The Morgan fingerprint density at radius 3 is 2.44 bits per heavy atom. The fourth-order valence-corrected chi connectivity index (χ4v) is 1.45. The third-order valence-corrected chi connectivity index (χ3v) is 2.21. The Kier molecular flexibility index (Phi) is 4.58. The highest BCUT2D eigenvalue weighted by molar-refractivity contribution is 5.95. The van der Waals surface area contributed by atoms with Gasteiger partial charge in [0.05, 0.1) is 0 Å². The van der Waals surface area contributed by atoms with E-state index in [4.69, 9.17) is 4.74 Å². The second-order valence-electron chi connectivity index (χ2n) is 5.10. The van der Waals surface area contributed by atoms with Crippen LogP contribution in [0.5, 0.6) is 0 Å². The molecule has 6 nitrogen and oxygen atoms in total. The van der Waals surface area contributed by atoms with Gasteiger partial charge in [0.15, 0.2) is 5.78 Å². The standard InChI is InChI=1S/C12H21N3O3/c1-5-8(16)9-10(14-7-6-13-9)18-11(17)15-12(2,3)4/h13-14H,5-7H2,1-4H3,(H,15,17). The van der Waals surface area contributed by atoms with Crippen LogP contribution in [0, 0.1) is 0 Å². The number of carbonyl (C=O) groups is 2. The molecule has 1 heterocycles. The first-order chi connectivity index (χ1) is 8.33. The van der Waals surface area contributed by atoms with E-state index in [0.717, 1.165) is 0 Å². The third kappa shape index (κ3) is 4.27. The molecule has 1 aliphatic heterocycles. The second-order valence-corrected chi connectivity index (χ2v) is 5.10. The van der Waals surface area contributed by atoms with E-state index in [-0.39, 0.29) is 17.2 Å². The highest BCUT2D eigenvalue weighted by atomic mass is 16.6. The zero-order valence-corrected chi connectivity index (χ0v) is 11.3. The van der Waals surface area contributed by atoms with Crippen molar-refractivity contribution in [3.63, 3.8) is 0 Å². The van der Waals surface area contributed by atoms with Gasteiger partial charge in [-0.1, -0.05) is 6.92 Å². The summed E-state index contributed by atoms with van der Waals surface area (Å²) in [5.74, 6) is 0.121. The fraction of sp³-hybridized carbons (Fsp3) is 0.667.